The topological polar surface area (TPSA) is 84.7 Å². The van der Waals surface area contributed by atoms with E-state index < -0.39 is 17.6 Å². The highest BCUT2D eigenvalue weighted by molar-refractivity contribution is 7.13. The molecule has 0 radical (unpaired) electrons. The zero-order valence-corrected chi connectivity index (χ0v) is 18.5. The van der Waals surface area contributed by atoms with Gasteiger partial charge in [-0.2, -0.15) is 13.2 Å². The van der Waals surface area contributed by atoms with Crippen molar-refractivity contribution < 1.29 is 18.0 Å². The van der Waals surface area contributed by atoms with Gasteiger partial charge >= 0.3 is 6.18 Å². The molecule has 4 aromatic rings. The molecule has 7 nitrogen and oxygen atoms in total. The van der Waals surface area contributed by atoms with E-state index in [4.69, 9.17) is 0 Å². The first kappa shape index (κ1) is 22.6. The molecule has 11 heteroatoms. The number of thiazole rings is 1. The Morgan fingerprint density at radius 3 is 2.70 bits per heavy atom. The lowest BCUT2D eigenvalue weighted by molar-refractivity contribution is -0.137. The van der Waals surface area contributed by atoms with E-state index in [-0.39, 0.29) is 17.8 Å². The number of aromatic nitrogens is 4. The summed E-state index contributed by atoms with van der Waals surface area (Å²) < 4.78 is 41.4. The highest BCUT2D eigenvalue weighted by atomic mass is 32.1. The van der Waals surface area contributed by atoms with Gasteiger partial charge in [0, 0.05) is 24.0 Å². The number of aryl methyl sites for hydroxylation is 1. The molecule has 4 rings (SSSR count). The van der Waals surface area contributed by atoms with Gasteiger partial charge in [0.25, 0.3) is 5.91 Å². The molecule has 0 aliphatic rings. The number of carbonyl (C=O) groups is 1. The third-order valence-electron chi connectivity index (χ3n) is 4.86. The Bertz CT molecular complexity index is 1280. The van der Waals surface area contributed by atoms with E-state index in [0.29, 0.717) is 16.9 Å². The number of hydrogen-bond donors (Lipinski definition) is 2. The van der Waals surface area contributed by atoms with Gasteiger partial charge in [0.2, 0.25) is 0 Å². The van der Waals surface area contributed by atoms with Crippen LogP contribution in [0.15, 0.2) is 54.3 Å². The molecule has 0 aliphatic carbocycles. The molecule has 0 unspecified atom stereocenters. The second kappa shape index (κ2) is 9.12. The van der Waals surface area contributed by atoms with Crippen molar-refractivity contribution in [3.8, 4) is 16.3 Å². The van der Waals surface area contributed by atoms with Gasteiger partial charge in [-0.15, -0.1) is 16.4 Å². The third kappa shape index (κ3) is 5.10. The number of hydrogen-bond acceptors (Lipinski definition) is 6. The SMILES string of the molecule is CNCc1cc(NC(=O)c2ccc(C)c(-n3cc(-c4cncs4)nn3)c2)cc(C(F)(F)F)c1. The number of amides is 1. The minimum Gasteiger partial charge on any atom is -0.322 e. The van der Waals surface area contributed by atoms with Crippen molar-refractivity contribution in [3.63, 3.8) is 0 Å². The fraction of sp³-hybridized carbons (Fsp3) is 0.182. The van der Waals surface area contributed by atoms with Crippen LogP contribution >= 0.6 is 11.3 Å². The molecule has 0 saturated heterocycles. The quantitative estimate of drug-likeness (QED) is 0.425. The van der Waals surface area contributed by atoms with Crippen molar-refractivity contribution in [1.29, 1.82) is 0 Å². The second-order valence-electron chi connectivity index (χ2n) is 7.32. The van der Waals surface area contributed by atoms with Crippen LogP contribution in [0.25, 0.3) is 16.3 Å². The summed E-state index contributed by atoms with van der Waals surface area (Å²) in [5.41, 5.74) is 3.74. The standard InChI is InChI=1S/C22H19F3N6OS/c1-13-3-4-15(7-19(13)31-11-18(29-30-31)20-10-27-12-33-20)21(32)28-17-6-14(9-26-2)5-16(8-17)22(23,24)25/h3-8,10-12,26H,9H2,1-2H3,(H,28,32). The van der Waals surface area contributed by atoms with Crippen molar-refractivity contribution in [2.75, 3.05) is 12.4 Å². The van der Waals surface area contributed by atoms with Gasteiger partial charge in [0.15, 0.2) is 0 Å². The Morgan fingerprint density at radius 2 is 2.00 bits per heavy atom. The Kier molecular flexibility index (Phi) is 6.25. The van der Waals surface area contributed by atoms with Crippen LogP contribution in [0.3, 0.4) is 0 Å². The monoisotopic (exact) mass is 472 g/mol. The number of rotatable bonds is 6. The lowest BCUT2D eigenvalue weighted by Crippen LogP contribution is -2.15. The van der Waals surface area contributed by atoms with E-state index in [1.165, 1.54) is 17.4 Å². The molecule has 1 amide bonds. The normalized spacial score (nSPS) is 11.5. The maximum absolute atomic E-state index is 13.3. The van der Waals surface area contributed by atoms with E-state index in [1.54, 1.807) is 47.8 Å². The highest BCUT2D eigenvalue weighted by Gasteiger charge is 2.31. The molecule has 33 heavy (non-hydrogen) atoms. The summed E-state index contributed by atoms with van der Waals surface area (Å²) >= 11 is 1.43. The van der Waals surface area contributed by atoms with Crippen LogP contribution in [-0.4, -0.2) is 32.9 Å². The molecule has 0 fully saturated rings. The summed E-state index contributed by atoms with van der Waals surface area (Å²) in [6, 6.07) is 8.47. The van der Waals surface area contributed by atoms with Crippen LogP contribution in [0, 0.1) is 6.92 Å². The van der Waals surface area contributed by atoms with Crippen LogP contribution in [0.1, 0.15) is 27.0 Å². The lowest BCUT2D eigenvalue weighted by atomic mass is 10.1. The first-order valence-electron chi connectivity index (χ1n) is 9.84. The molecule has 170 valence electrons. The largest absolute Gasteiger partial charge is 0.416 e. The van der Waals surface area contributed by atoms with E-state index in [2.05, 4.69) is 25.9 Å². The summed E-state index contributed by atoms with van der Waals surface area (Å²) in [5, 5.41) is 13.7. The molecule has 2 aromatic carbocycles. The molecule has 0 atom stereocenters. The smallest absolute Gasteiger partial charge is 0.322 e. The van der Waals surface area contributed by atoms with Crippen molar-refractivity contribution in [3.05, 3.63) is 76.6 Å². The van der Waals surface area contributed by atoms with E-state index in [9.17, 15) is 18.0 Å². The minimum atomic E-state index is -4.52. The minimum absolute atomic E-state index is 0.0652. The molecular formula is C22H19F3N6OS. The van der Waals surface area contributed by atoms with Crippen molar-refractivity contribution in [2.45, 2.75) is 19.6 Å². The van der Waals surface area contributed by atoms with Crippen LogP contribution in [0.5, 0.6) is 0 Å². The van der Waals surface area contributed by atoms with Gasteiger partial charge in [-0.05, 0) is 55.4 Å². The molecule has 0 spiro atoms. The van der Waals surface area contributed by atoms with Crippen LogP contribution in [-0.2, 0) is 12.7 Å². The van der Waals surface area contributed by atoms with E-state index >= 15 is 0 Å². The maximum Gasteiger partial charge on any atom is 0.416 e. The third-order valence-corrected chi connectivity index (χ3v) is 5.65. The number of carbonyl (C=O) groups excluding carboxylic acids is 1. The number of benzene rings is 2. The number of nitrogens with one attached hydrogen (secondary N) is 2. The Labute approximate surface area is 191 Å². The lowest BCUT2D eigenvalue weighted by Gasteiger charge is -2.14. The fourth-order valence-electron chi connectivity index (χ4n) is 3.27. The summed E-state index contributed by atoms with van der Waals surface area (Å²) in [7, 11) is 1.64. The zero-order chi connectivity index (χ0) is 23.6. The first-order valence-corrected chi connectivity index (χ1v) is 10.7. The molecule has 0 saturated carbocycles. The van der Waals surface area contributed by atoms with E-state index in [0.717, 1.165) is 22.6 Å². The average Bonchev–Trinajstić information content (AvgIpc) is 3.45. The molecule has 2 heterocycles. The predicted octanol–water partition coefficient (Wildman–Crippen LogP) is 4.69. The number of alkyl halides is 3. The number of anilines is 1. The number of halogens is 3. The molecule has 0 aliphatic heterocycles. The summed E-state index contributed by atoms with van der Waals surface area (Å²) in [6.45, 7) is 2.10. The molecule has 0 bridgehead atoms. The Morgan fingerprint density at radius 1 is 1.18 bits per heavy atom. The van der Waals surface area contributed by atoms with Gasteiger partial charge < -0.3 is 10.6 Å². The molecular weight excluding hydrogens is 453 g/mol. The first-order chi connectivity index (χ1) is 15.7. The van der Waals surface area contributed by atoms with E-state index in [1.807, 2.05) is 6.92 Å². The molecule has 2 N–H and O–H groups in total. The summed E-state index contributed by atoms with van der Waals surface area (Å²) in [6.07, 6.45) is -1.11. The average molecular weight is 472 g/mol. The Balaban J connectivity index is 1.62. The Hall–Kier alpha value is -3.57. The fourth-order valence-corrected chi connectivity index (χ4v) is 3.84. The summed E-state index contributed by atoms with van der Waals surface area (Å²) in [4.78, 5) is 17.8. The number of nitrogens with zero attached hydrogens (tertiary/aromatic N) is 4. The van der Waals surface area contributed by atoms with Crippen LogP contribution in [0.2, 0.25) is 0 Å². The molecule has 2 aromatic heterocycles. The van der Waals surface area contributed by atoms with Crippen molar-refractivity contribution in [1.82, 2.24) is 25.3 Å². The summed E-state index contributed by atoms with van der Waals surface area (Å²) in [5.74, 6) is -0.534. The van der Waals surface area contributed by atoms with Crippen molar-refractivity contribution in [2.24, 2.45) is 0 Å². The van der Waals surface area contributed by atoms with Gasteiger partial charge in [-0.1, -0.05) is 11.3 Å². The van der Waals surface area contributed by atoms with Crippen LogP contribution in [0.4, 0.5) is 18.9 Å². The zero-order valence-electron chi connectivity index (χ0n) is 17.6. The predicted molar refractivity (Wildman–Crippen MR) is 119 cm³/mol. The van der Waals surface area contributed by atoms with Gasteiger partial charge in [0.05, 0.1) is 27.8 Å². The van der Waals surface area contributed by atoms with Gasteiger partial charge in [0.1, 0.15) is 5.69 Å². The second-order valence-corrected chi connectivity index (χ2v) is 8.20. The maximum atomic E-state index is 13.3. The highest BCUT2D eigenvalue weighted by Crippen LogP contribution is 2.32. The van der Waals surface area contributed by atoms with Gasteiger partial charge in [-0.3, -0.25) is 9.78 Å². The van der Waals surface area contributed by atoms with Crippen LogP contribution < -0.4 is 10.6 Å². The van der Waals surface area contributed by atoms with Crippen molar-refractivity contribution >= 4 is 22.9 Å². The van der Waals surface area contributed by atoms with Gasteiger partial charge in [-0.25, -0.2) is 4.68 Å².